The molecule has 3 aliphatic rings. The molecule has 0 aromatic heterocycles. The van der Waals surface area contributed by atoms with Crippen molar-refractivity contribution in [1.29, 1.82) is 0 Å². The third-order valence-corrected chi connectivity index (χ3v) is 8.80. The second-order valence-electron chi connectivity index (χ2n) is 9.69. The van der Waals surface area contributed by atoms with Crippen molar-refractivity contribution in [2.75, 3.05) is 42.6 Å². The number of hydrogen-bond donors (Lipinski definition) is 3. The summed E-state index contributed by atoms with van der Waals surface area (Å²) >= 11 is 0. The Labute approximate surface area is 201 Å². The van der Waals surface area contributed by atoms with E-state index >= 15 is 0 Å². The number of para-hydroxylation sites is 1. The average Bonchev–Trinajstić information content (AvgIpc) is 3.41. The van der Waals surface area contributed by atoms with Crippen LogP contribution in [-0.2, 0) is 20.2 Å². The highest BCUT2D eigenvalue weighted by Gasteiger charge is 2.49. The molecule has 0 radical (unpaired) electrons. The van der Waals surface area contributed by atoms with Crippen LogP contribution in [-0.4, -0.2) is 52.5 Å². The fourth-order valence-electron chi connectivity index (χ4n) is 5.71. The van der Waals surface area contributed by atoms with Gasteiger partial charge in [-0.05, 0) is 69.1 Å². The maximum absolute atomic E-state index is 13.3. The predicted octanol–water partition coefficient (Wildman–Crippen LogP) is 3.77. The SMILES string of the molecule is COc1ccccc1S(=O)(=O)Nc1cc(NC2CCCN(C)C2)c2c(c1)C1(CCCC1)C(=O)N2. The normalized spacial score (nSPS) is 21.8. The Balaban J connectivity index is 1.55. The first kappa shape index (κ1) is 23.0. The van der Waals surface area contributed by atoms with Crippen molar-refractivity contribution in [2.24, 2.45) is 0 Å². The summed E-state index contributed by atoms with van der Waals surface area (Å²) in [5.41, 5.74) is 2.31. The highest BCUT2D eigenvalue weighted by atomic mass is 32.2. The second-order valence-corrected chi connectivity index (χ2v) is 11.3. The minimum Gasteiger partial charge on any atom is -0.495 e. The number of methoxy groups -OCH3 is 1. The molecule has 34 heavy (non-hydrogen) atoms. The number of carbonyl (C=O) groups excluding carboxylic acids is 1. The van der Waals surface area contributed by atoms with E-state index in [1.165, 1.54) is 13.2 Å². The lowest BCUT2D eigenvalue weighted by molar-refractivity contribution is -0.120. The molecule has 1 spiro atoms. The minimum atomic E-state index is -3.90. The number of likely N-dealkylation sites (tertiary alicyclic amines) is 1. The van der Waals surface area contributed by atoms with E-state index in [0.717, 1.165) is 68.6 Å². The molecule has 2 fully saturated rings. The number of benzene rings is 2. The molecule has 2 aromatic rings. The number of amides is 1. The van der Waals surface area contributed by atoms with Crippen molar-refractivity contribution in [3.63, 3.8) is 0 Å². The van der Waals surface area contributed by atoms with Crippen molar-refractivity contribution in [1.82, 2.24) is 4.90 Å². The van der Waals surface area contributed by atoms with Gasteiger partial charge in [0, 0.05) is 12.6 Å². The van der Waals surface area contributed by atoms with E-state index in [0.29, 0.717) is 5.69 Å². The first-order valence-electron chi connectivity index (χ1n) is 11.9. The van der Waals surface area contributed by atoms with E-state index in [1.54, 1.807) is 24.3 Å². The summed E-state index contributed by atoms with van der Waals surface area (Å²) in [5.74, 6) is 0.303. The molecule has 0 bridgehead atoms. The standard InChI is InChI=1S/C25H32N4O4S/c1-29-13-7-8-17(16-29)26-20-15-18(28-34(31,32)22-10-4-3-9-21(22)33-2)14-19-23(20)27-24(30)25(19)11-5-6-12-25/h3-4,9-10,14-15,17,26,28H,5-8,11-13,16H2,1-2H3,(H,27,30). The van der Waals surface area contributed by atoms with Gasteiger partial charge in [-0.15, -0.1) is 0 Å². The number of fused-ring (bicyclic) bond motifs is 2. The fourth-order valence-corrected chi connectivity index (χ4v) is 6.92. The molecule has 182 valence electrons. The lowest BCUT2D eigenvalue weighted by Gasteiger charge is -2.31. The summed E-state index contributed by atoms with van der Waals surface area (Å²) in [6, 6.07) is 10.4. The highest BCUT2D eigenvalue weighted by Crippen LogP contribution is 2.52. The number of nitrogens with zero attached hydrogens (tertiary/aromatic N) is 1. The smallest absolute Gasteiger partial charge is 0.265 e. The number of nitrogens with one attached hydrogen (secondary N) is 3. The van der Waals surface area contributed by atoms with Gasteiger partial charge in [0.1, 0.15) is 10.6 Å². The number of carbonyl (C=O) groups is 1. The number of sulfonamides is 1. The number of likely N-dealkylation sites (N-methyl/N-ethyl adjacent to an activating group) is 1. The van der Waals surface area contributed by atoms with Crippen LogP contribution in [0.3, 0.4) is 0 Å². The topological polar surface area (TPSA) is 99.8 Å². The summed E-state index contributed by atoms with van der Waals surface area (Å²) in [6.45, 7) is 1.96. The van der Waals surface area contributed by atoms with Gasteiger partial charge in [0.05, 0.1) is 29.6 Å². The summed E-state index contributed by atoms with van der Waals surface area (Å²) < 4.78 is 34.6. The van der Waals surface area contributed by atoms with Gasteiger partial charge in [-0.3, -0.25) is 9.52 Å². The van der Waals surface area contributed by atoms with Crippen LogP contribution in [0.25, 0.3) is 0 Å². The monoisotopic (exact) mass is 484 g/mol. The Hall–Kier alpha value is -2.78. The van der Waals surface area contributed by atoms with Gasteiger partial charge in [0.15, 0.2) is 0 Å². The highest BCUT2D eigenvalue weighted by molar-refractivity contribution is 7.92. The molecule has 1 amide bonds. The van der Waals surface area contributed by atoms with E-state index in [-0.39, 0.29) is 22.6 Å². The van der Waals surface area contributed by atoms with Crippen molar-refractivity contribution in [3.8, 4) is 5.75 Å². The fraction of sp³-hybridized carbons (Fsp3) is 0.480. The van der Waals surface area contributed by atoms with Crippen molar-refractivity contribution in [2.45, 2.75) is 54.9 Å². The first-order chi connectivity index (χ1) is 16.3. The summed E-state index contributed by atoms with van der Waals surface area (Å²) in [5, 5.41) is 6.74. The molecule has 1 unspecified atom stereocenters. The third-order valence-electron chi connectivity index (χ3n) is 7.38. The maximum atomic E-state index is 13.3. The molecular formula is C25H32N4O4S. The Bertz CT molecular complexity index is 1210. The predicted molar refractivity (Wildman–Crippen MR) is 133 cm³/mol. The molecule has 9 heteroatoms. The third kappa shape index (κ3) is 4.01. The van der Waals surface area contributed by atoms with Gasteiger partial charge < -0.3 is 20.3 Å². The van der Waals surface area contributed by atoms with Crippen LogP contribution in [0.1, 0.15) is 44.1 Å². The van der Waals surface area contributed by atoms with E-state index in [2.05, 4.69) is 27.3 Å². The average molecular weight is 485 g/mol. The zero-order valence-electron chi connectivity index (χ0n) is 19.7. The molecule has 8 nitrogen and oxygen atoms in total. The first-order valence-corrected chi connectivity index (χ1v) is 13.4. The molecule has 1 aliphatic carbocycles. The lowest BCUT2D eigenvalue weighted by Crippen LogP contribution is -2.39. The maximum Gasteiger partial charge on any atom is 0.265 e. The summed E-state index contributed by atoms with van der Waals surface area (Å²) in [6.07, 6.45) is 5.64. The number of hydrogen-bond acceptors (Lipinski definition) is 6. The largest absolute Gasteiger partial charge is 0.495 e. The summed E-state index contributed by atoms with van der Waals surface area (Å²) in [7, 11) is -0.342. The molecule has 2 heterocycles. The Morgan fingerprint density at radius 1 is 1.15 bits per heavy atom. The van der Waals surface area contributed by atoms with Crippen LogP contribution in [0.2, 0.25) is 0 Å². The van der Waals surface area contributed by atoms with Crippen molar-refractivity contribution in [3.05, 3.63) is 42.0 Å². The van der Waals surface area contributed by atoms with Gasteiger partial charge in [0.25, 0.3) is 10.0 Å². The summed E-state index contributed by atoms with van der Waals surface area (Å²) in [4.78, 5) is 15.5. The quantitative estimate of drug-likeness (QED) is 0.577. The number of ether oxygens (including phenoxy) is 1. The van der Waals surface area contributed by atoms with E-state index in [9.17, 15) is 13.2 Å². The molecule has 2 aliphatic heterocycles. The number of rotatable bonds is 6. The van der Waals surface area contributed by atoms with Crippen LogP contribution in [0.5, 0.6) is 5.75 Å². The Morgan fingerprint density at radius 2 is 1.91 bits per heavy atom. The van der Waals surface area contributed by atoms with Gasteiger partial charge in [-0.2, -0.15) is 0 Å². The van der Waals surface area contributed by atoms with Crippen LogP contribution in [0, 0.1) is 0 Å². The van der Waals surface area contributed by atoms with Crippen LogP contribution in [0.15, 0.2) is 41.3 Å². The lowest BCUT2D eigenvalue weighted by atomic mass is 9.80. The number of piperidine rings is 1. The Kier molecular flexibility index (Phi) is 5.93. The van der Waals surface area contributed by atoms with Gasteiger partial charge in [-0.25, -0.2) is 8.42 Å². The van der Waals surface area contributed by atoms with Gasteiger partial charge >= 0.3 is 0 Å². The molecule has 1 atom stereocenters. The van der Waals surface area contributed by atoms with Crippen LogP contribution in [0.4, 0.5) is 17.1 Å². The van der Waals surface area contributed by atoms with Gasteiger partial charge in [-0.1, -0.05) is 25.0 Å². The second kappa shape index (κ2) is 8.78. The zero-order chi connectivity index (χ0) is 23.9. The van der Waals surface area contributed by atoms with Crippen LogP contribution < -0.4 is 20.1 Å². The molecule has 2 aromatic carbocycles. The van der Waals surface area contributed by atoms with Gasteiger partial charge in [0.2, 0.25) is 5.91 Å². The van der Waals surface area contributed by atoms with E-state index < -0.39 is 15.4 Å². The number of anilines is 3. The van der Waals surface area contributed by atoms with Crippen LogP contribution >= 0.6 is 0 Å². The molecule has 1 saturated carbocycles. The molecule has 1 saturated heterocycles. The molecule has 5 rings (SSSR count). The van der Waals surface area contributed by atoms with Crippen molar-refractivity contribution < 1.29 is 17.9 Å². The molecule has 3 N–H and O–H groups in total. The van der Waals surface area contributed by atoms with E-state index in [4.69, 9.17) is 4.74 Å². The van der Waals surface area contributed by atoms with Crippen molar-refractivity contribution >= 4 is 33.0 Å². The Morgan fingerprint density at radius 3 is 2.65 bits per heavy atom. The minimum absolute atomic E-state index is 0.0218. The molecular weight excluding hydrogens is 452 g/mol. The van der Waals surface area contributed by atoms with E-state index in [1.807, 2.05) is 6.07 Å². The zero-order valence-corrected chi connectivity index (χ0v) is 20.5.